The highest BCUT2D eigenvalue weighted by molar-refractivity contribution is 6.06. The minimum absolute atomic E-state index is 0.851. The number of hydrogen-bond donors (Lipinski definition) is 0. The first kappa shape index (κ1) is 46.2. The molecule has 0 bridgehead atoms. The molecular weight excluding hydrogens is 989 g/mol. The van der Waals surface area contributed by atoms with Gasteiger partial charge in [0.1, 0.15) is 0 Å². The predicted octanol–water partition coefficient (Wildman–Crippen LogP) is 17.1. The number of hydrogen-bond acceptors (Lipinski definition) is 8. The van der Waals surface area contributed by atoms with E-state index in [1.165, 1.54) is 0 Å². The number of rotatable bonds is 8. The second kappa shape index (κ2) is 18.6. The van der Waals surface area contributed by atoms with Crippen LogP contribution in [-0.4, -0.2) is 39.9 Å². The fraction of sp³-hybridized carbons (Fsp3) is 0.0137. The minimum atomic E-state index is -0.851. The van der Waals surface area contributed by atoms with Crippen LogP contribution < -0.4 is 0 Å². The third-order valence-electron chi connectivity index (χ3n) is 16.2. The Morgan fingerprint density at radius 1 is 0.185 bits per heavy atom. The molecule has 0 amide bonds. The van der Waals surface area contributed by atoms with Crippen LogP contribution in [0.3, 0.4) is 0 Å². The lowest BCUT2D eigenvalue weighted by Gasteiger charge is -2.37. The quantitative estimate of drug-likeness (QED) is 0.110. The standard InChI is InChI=1S/C73H44N8/c1-5-49-9-13-53-25-37-61(78-69(53)65(49)74-41-1)45-17-29-57(30-18-45)73(58-31-19-46(20-32-58)62-38-26-54-14-10-50-6-2-42-75-66(50)70(54)79-62,59-33-21-47(22-34-59)63-39-27-55-15-11-51-7-3-43-76-67(51)71(55)80-63)60-35-23-48(24-36-60)64-40-28-56-16-12-52-8-4-44-77-68(52)72(56)81-64/h1-44H. The van der Waals surface area contributed by atoms with E-state index in [4.69, 9.17) is 39.9 Å². The van der Waals surface area contributed by atoms with E-state index < -0.39 is 5.41 Å². The highest BCUT2D eigenvalue weighted by Crippen LogP contribution is 2.47. The number of benzene rings is 8. The molecule has 0 aliphatic carbocycles. The Labute approximate surface area is 464 Å². The Morgan fingerprint density at radius 3 is 0.605 bits per heavy atom. The lowest BCUT2D eigenvalue weighted by Crippen LogP contribution is -2.31. The van der Waals surface area contributed by atoms with Gasteiger partial charge in [-0.2, -0.15) is 0 Å². The van der Waals surface area contributed by atoms with E-state index in [1.807, 2.05) is 49.1 Å². The molecule has 8 nitrogen and oxygen atoms in total. The lowest BCUT2D eigenvalue weighted by atomic mass is 9.64. The molecule has 81 heavy (non-hydrogen) atoms. The molecule has 0 fully saturated rings. The Kier molecular flexibility index (Phi) is 10.6. The average Bonchev–Trinajstić information content (AvgIpc) is 3.73. The van der Waals surface area contributed by atoms with Gasteiger partial charge in [0.25, 0.3) is 0 Å². The Bertz CT molecular complexity index is 4500. The SMILES string of the molecule is c1cnc2c(c1)ccc1ccc(-c3ccc(C(c4ccc(-c5ccc6ccc7cccnc7c6n5)cc4)(c4ccc(-c5ccc6ccc7cccnc7c6n5)cc4)c4ccc(-c5ccc6ccc7cccnc7c6n5)cc4)cc3)nc12. The molecular formula is C73H44N8. The predicted molar refractivity (Wildman–Crippen MR) is 329 cm³/mol. The van der Waals surface area contributed by atoms with Gasteiger partial charge in [-0.05, 0) is 70.8 Å². The normalized spacial score (nSPS) is 12.0. The second-order valence-electron chi connectivity index (χ2n) is 20.7. The van der Waals surface area contributed by atoms with Crippen molar-refractivity contribution in [3.63, 3.8) is 0 Å². The molecule has 16 rings (SSSR count). The van der Waals surface area contributed by atoms with E-state index in [0.29, 0.717) is 0 Å². The van der Waals surface area contributed by atoms with E-state index in [0.717, 1.165) is 155 Å². The van der Waals surface area contributed by atoms with E-state index in [-0.39, 0.29) is 0 Å². The largest absolute Gasteiger partial charge is 0.254 e. The summed E-state index contributed by atoms with van der Waals surface area (Å²) in [6.07, 6.45) is 7.34. The molecule has 0 radical (unpaired) electrons. The van der Waals surface area contributed by atoms with Crippen LogP contribution in [-0.2, 0) is 5.41 Å². The summed E-state index contributed by atoms with van der Waals surface area (Å²) in [6.45, 7) is 0. The van der Waals surface area contributed by atoms with Crippen molar-refractivity contribution in [1.82, 2.24) is 39.9 Å². The van der Waals surface area contributed by atoms with Crippen LogP contribution in [0.4, 0.5) is 0 Å². The maximum absolute atomic E-state index is 5.27. The Hall–Kier alpha value is -11.0. The van der Waals surface area contributed by atoms with Crippen molar-refractivity contribution in [2.75, 3.05) is 0 Å². The second-order valence-corrected chi connectivity index (χ2v) is 20.7. The van der Waals surface area contributed by atoms with Crippen LogP contribution in [0.25, 0.3) is 132 Å². The van der Waals surface area contributed by atoms with E-state index in [1.54, 1.807) is 0 Å². The molecule has 8 heteroatoms. The average molecular weight is 1030 g/mol. The summed E-state index contributed by atoms with van der Waals surface area (Å²) in [4.78, 5) is 40.1. The van der Waals surface area contributed by atoms with Crippen molar-refractivity contribution < 1.29 is 0 Å². The van der Waals surface area contributed by atoms with Crippen molar-refractivity contribution in [2.24, 2.45) is 0 Å². The van der Waals surface area contributed by atoms with Crippen LogP contribution in [0.15, 0.2) is 267 Å². The third-order valence-corrected chi connectivity index (χ3v) is 16.2. The molecule has 8 aromatic heterocycles. The van der Waals surface area contributed by atoms with Crippen molar-refractivity contribution in [2.45, 2.75) is 5.41 Å². The maximum atomic E-state index is 5.27. The summed E-state index contributed by atoms with van der Waals surface area (Å²) < 4.78 is 0. The molecule has 16 aromatic rings. The fourth-order valence-corrected chi connectivity index (χ4v) is 12.1. The van der Waals surface area contributed by atoms with E-state index in [2.05, 4.69) is 218 Å². The van der Waals surface area contributed by atoms with Gasteiger partial charge in [0.15, 0.2) is 0 Å². The summed E-state index contributed by atoms with van der Waals surface area (Å²) in [7, 11) is 0. The number of pyridine rings is 8. The van der Waals surface area contributed by atoms with Crippen molar-refractivity contribution >= 4 is 87.2 Å². The highest BCUT2D eigenvalue weighted by Gasteiger charge is 2.39. The van der Waals surface area contributed by atoms with Crippen LogP contribution in [0.5, 0.6) is 0 Å². The maximum Gasteiger partial charge on any atom is 0.0972 e. The molecule has 8 aromatic carbocycles. The molecule has 0 aliphatic heterocycles. The van der Waals surface area contributed by atoms with Gasteiger partial charge in [-0.1, -0.05) is 194 Å². The Balaban J connectivity index is 0.888. The first-order chi connectivity index (χ1) is 40.1. The molecule has 376 valence electrons. The van der Waals surface area contributed by atoms with Crippen LogP contribution >= 0.6 is 0 Å². The van der Waals surface area contributed by atoms with Crippen LogP contribution in [0.2, 0.25) is 0 Å². The number of nitrogens with zero attached hydrogens (tertiary/aromatic N) is 8. The summed E-state index contributed by atoms with van der Waals surface area (Å²) >= 11 is 0. The van der Waals surface area contributed by atoms with Gasteiger partial charge in [-0.3, -0.25) is 19.9 Å². The summed E-state index contributed by atoms with van der Waals surface area (Å²) in [6, 6.07) is 86.0. The monoisotopic (exact) mass is 1030 g/mol. The zero-order valence-electron chi connectivity index (χ0n) is 43.5. The van der Waals surface area contributed by atoms with Gasteiger partial charge >= 0.3 is 0 Å². The first-order valence-corrected chi connectivity index (χ1v) is 27.1. The number of aromatic nitrogens is 8. The molecule has 0 saturated carbocycles. The van der Waals surface area contributed by atoms with Gasteiger partial charge in [0.05, 0.1) is 72.3 Å². The molecule has 8 heterocycles. The van der Waals surface area contributed by atoms with Gasteiger partial charge in [-0.25, -0.2) is 19.9 Å². The number of fused-ring (bicyclic) bond motifs is 12. The molecule has 0 N–H and O–H groups in total. The zero-order valence-corrected chi connectivity index (χ0v) is 43.5. The van der Waals surface area contributed by atoms with Crippen LogP contribution in [0, 0.1) is 0 Å². The topological polar surface area (TPSA) is 103 Å². The van der Waals surface area contributed by atoms with Gasteiger partial charge in [-0.15, -0.1) is 0 Å². The highest BCUT2D eigenvalue weighted by atomic mass is 14.8. The van der Waals surface area contributed by atoms with Crippen molar-refractivity contribution in [3.8, 4) is 45.0 Å². The zero-order chi connectivity index (χ0) is 53.4. The van der Waals surface area contributed by atoms with Gasteiger partial charge in [0, 0.05) is 90.1 Å². The molecule has 0 atom stereocenters. The van der Waals surface area contributed by atoms with Gasteiger partial charge in [0.2, 0.25) is 0 Å². The Morgan fingerprint density at radius 2 is 0.383 bits per heavy atom. The summed E-state index contributed by atoms with van der Waals surface area (Å²) in [5.74, 6) is 0. The summed E-state index contributed by atoms with van der Waals surface area (Å²) in [5, 5.41) is 8.43. The van der Waals surface area contributed by atoms with Crippen molar-refractivity contribution in [1.29, 1.82) is 0 Å². The minimum Gasteiger partial charge on any atom is -0.254 e. The molecule has 0 spiro atoms. The molecule has 0 saturated heterocycles. The lowest BCUT2D eigenvalue weighted by molar-refractivity contribution is 0.745. The third kappa shape index (κ3) is 7.68. The fourth-order valence-electron chi connectivity index (χ4n) is 12.1. The van der Waals surface area contributed by atoms with E-state index in [9.17, 15) is 0 Å². The van der Waals surface area contributed by atoms with Crippen molar-refractivity contribution in [3.05, 3.63) is 290 Å². The van der Waals surface area contributed by atoms with Crippen LogP contribution in [0.1, 0.15) is 22.3 Å². The molecule has 0 unspecified atom stereocenters. The van der Waals surface area contributed by atoms with E-state index >= 15 is 0 Å². The molecule has 0 aliphatic rings. The van der Waals surface area contributed by atoms with Gasteiger partial charge < -0.3 is 0 Å². The smallest absolute Gasteiger partial charge is 0.0972 e. The first-order valence-electron chi connectivity index (χ1n) is 27.1. The summed E-state index contributed by atoms with van der Waals surface area (Å²) in [5.41, 5.74) is 18.0.